The SMILES string of the molecule is OB(O)c1ccc(F)cc1OCCOC(F)(F)F. The average molecular weight is 268 g/mol. The number of hydrogen-bond acceptors (Lipinski definition) is 4. The number of ether oxygens (including phenoxy) is 2. The number of halogens is 4. The molecule has 0 spiro atoms. The van der Waals surface area contributed by atoms with Crippen LogP contribution in [0.2, 0.25) is 0 Å². The van der Waals surface area contributed by atoms with Gasteiger partial charge in [0.05, 0.1) is 6.61 Å². The van der Waals surface area contributed by atoms with E-state index in [9.17, 15) is 17.6 Å². The third kappa shape index (κ3) is 4.90. The minimum absolute atomic E-state index is 0.150. The molecule has 1 aromatic carbocycles. The van der Waals surface area contributed by atoms with Crippen LogP contribution in [0.25, 0.3) is 0 Å². The van der Waals surface area contributed by atoms with Crippen molar-refractivity contribution >= 4 is 12.6 Å². The van der Waals surface area contributed by atoms with Crippen molar-refractivity contribution in [1.29, 1.82) is 0 Å². The third-order valence-electron chi connectivity index (χ3n) is 1.86. The molecule has 0 aliphatic heterocycles. The van der Waals surface area contributed by atoms with Gasteiger partial charge in [-0.15, -0.1) is 13.2 Å². The van der Waals surface area contributed by atoms with Gasteiger partial charge in [0.1, 0.15) is 18.2 Å². The van der Waals surface area contributed by atoms with Gasteiger partial charge in [-0.1, -0.05) is 6.07 Å². The number of alkyl halides is 3. The van der Waals surface area contributed by atoms with E-state index in [0.717, 1.165) is 18.2 Å². The van der Waals surface area contributed by atoms with Crippen LogP contribution in [0, 0.1) is 5.82 Å². The molecule has 0 atom stereocenters. The molecule has 2 N–H and O–H groups in total. The van der Waals surface area contributed by atoms with E-state index >= 15 is 0 Å². The van der Waals surface area contributed by atoms with E-state index in [1.54, 1.807) is 0 Å². The fourth-order valence-electron chi connectivity index (χ4n) is 1.16. The van der Waals surface area contributed by atoms with Crippen molar-refractivity contribution in [2.24, 2.45) is 0 Å². The molecule has 0 saturated carbocycles. The first-order valence-electron chi connectivity index (χ1n) is 4.78. The van der Waals surface area contributed by atoms with E-state index in [-0.39, 0.29) is 11.2 Å². The summed E-state index contributed by atoms with van der Waals surface area (Å²) in [5, 5.41) is 17.8. The van der Waals surface area contributed by atoms with Gasteiger partial charge in [-0.3, -0.25) is 4.74 Å². The molecular formula is C9H9BF4O4. The van der Waals surface area contributed by atoms with Gasteiger partial charge in [-0.05, 0) is 6.07 Å². The van der Waals surface area contributed by atoms with Gasteiger partial charge < -0.3 is 14.8 Å². The van der Waals surface area contributed by atoms with Gasteiger partial charge in [-0.2, -0.15) is 0 Å². The normalized spacial score (nSPS) is 11.4. The molecule has 0 saturated heterocycles. The highest BCUT2D eigenvalue weighted by Crippen LogP contribution is 2.16. The zero-order valence-electron chi connectivity index (χ0n) is 8.95. The van der Waals surface area contributed by atoms with Gasteiger partial charge in [0.25, 0.3) is 0 Å². The second-order valence-electron chi connectivity index (χ2n) is 3.20. The first-order valence-corrected chi connectivity index (χ1v) is 4.78. The smallest absolute Gasteiger partial charge is 0.491 e. The van der Waals surface area contributed by atoms with Gasteiger partial charge in [-0.25, -0.2) is 4.39 Å². The Labute approximate surface area is 99.9 Å². The summed E-state index contributed by atoms with van der Waals surface area (Å²) in [4.78, 5) is 0. The van der Waals surface area contributed by atoms with Crippen molar-refractivity contribution in [2.75, 3.05) is 13.2 Å². The fourth-order valence-corrected chi connectivity index (χ4v) is 1.16. The summed E-state index contributed by atoms with van der Waals surface area (Å²) in [5.41, 5.74) is -0.150. The van der Waals surface area contributed by atoms with Crippen molar-refractivity contribution < 1.29 is 37.1 Å². The largest absolute Gasteiger partial charge is 0.522 e. The molecule has 0 aliphatic carbocycles. The highest BCUT2D eigenvalue weighted by atomic mass is 19.4. The van der Waals surface area contributed by atoms with Gasteiger partial charge in [0.2, 0.25) is 0 Å². The Kier molecular flexibility index (Phi) is 4.94. The summed E-state index contributed by atoms with van der Waals surface area (Å²) in [6.45, 7) is -1.30. The highest BCUT2D eigenvalue weighted by molar-refractivity contribution is 6.59. The molecule has 1 aromatic rings. The van der Waals surface area contributed by atoms with Crippen molar-refractivity contribution in [2.45, 2.75) is 6.36 Å². The Hall–Kier alpha value is -1.32. The van der Waals surface area contributed by atoms with Crippen molar-refractivity contribution in [3.8, 4) is 5.75 Å². The summed E-state index contributed by atoms with van der Waals surface area (Å²) < 4.78 is 56.0. The molecule has 9 heteroatoms. The van der Waals surface area contributed by atoms with Crippen LogP contribution in [0.1, 0.15) is 0 Å². The molecular weight excluding hydrogens is 259 g/mol. The average Bonchev–Trinajstić information content (AvgIpc) is 2.22. The summed E-state index contributed by atoms with van der Waals surface area (Å²) in [6.07, 6.45) is -4.77. The molecule has 0 heterocycles. The zero-order valence-corrected chi connectivity index (χ0v) is 8.95. The maximum Gasteiger partial charge on any atom is 0.522 e. The Morgan fingerprint density at radius 2 is 1.83 bits per heavy atom. The van der Waals surface area contributed by atoms with E-state index in [1.165, 1.54) is 0 Å². The third-order valence-corrected chi connectivity index (χ3v) is 1.86. The summed E-state index contributed by atoms with van der Waals surface area (Å²) >= 11 is 0. The van der Waals surface area contributed by atoms with E-state index < -0.39 is 32.5 Å². The molecule has 0 aromatic heterocycles. The predicted octanol–water partition coefficient (Wildman–Crippen LogP) is 0.421. The monoisotopic (exact) mass is 268 g/mol. The van der Waals surface area contributed by atoms with Crippen molar-refractivity contribution in [3.05, 3.63) is 24.0 Å². The molecule has 0 bridgehead atoms. The van der Waals surface area contributed by atoms with Crippen LogP contribution in [0.4, 0.5) is 17.6 Å². The number of benzene rings is 1. The lowest BCUT2D eigenvalue weighted by Gasteiger charge is -2.12. The molecule has 100 valence electrons. The number of rotatable bonds is 5. The molecule has 0 fully saturated rings. The van der Waals surface area contributed by atoms with Crippen LogP contribution in [0.15, 0.2) is 18.2 Å². The van der Waals surface area contributed by atoms with Gasteiger partial charge >= 0.3 is 13.5 Å². The fraction of sp³-hybridized carbons (Fsp3) is 0.333. The second kappa shape index (κ2) is 6.03. The molecule has 0 aliphatic rings. The van der Waals surface area contributed by atoms with Gasteiger partial charge in [0, 0.05) is 11.5 Å². The lowest BCUT2D eigenvalue weighted by atomic mass is 9.79. The van der Waals surface area contributed by atoms with Crippen LogP contribution >= 0.6 is 0 Å². The zero-order chi connectivity index (χ0) is 13.8. The standard InChI is InChI=1S/C9H9BF4O4/c11-6-1-2-7(10(15)16)8(5-6)17-3-4-18-9(12,13)14/h1-2,5,15-16H,3-4H2. The van der Waals surface area contributed by atoms with E-state index in [0.29, 0.717) is 0 Å². The minimum atomic E-state index is -4.77. The molecule has 0 radical (unpaired) electrons. The summed E-state index contributed by atoms with van der Waals surface area (Å²) in [7, 11) is -1.91. The Morgan fingerprint density at radius 1 is 1.17 bits per heavy atom. The van der Waals surface area contributed by atoms with E-state index in [1.807, 2.05) is 0 Å². The van der Waals surface area contributed by atoms with Crippen LogP contribution in [-0.2, 0) is 4.74 Å². The highest BCUT2D eigenvalue weighted by Gasteiger charge is 2.28. The molecule has 0 amide bonds. The van der Waals surface area contributed by atoms with Crippen LogP contribution in [0.3, 0.4) is 0 Å². The minimum Gasteiger partial charge on any atom is -0.491 e. The lowest BCUT2D eigenvalue weighted by Crippen LogP contribution is -2.32. The van der Waals surface area contributed by atoms with Crippen LogP contribution in [-0.4, -0.2) is 36.7 Å². The summed E-state index contributed by atoms with van der Waals surface area (Å²) in [6, 6.07) is 2.86. The molecule has 18 heavy (non-hydrogen) atoms. The van der Waals surface area contributed by atoms with Crippen LogP contribution in [0.5, 0.6) is 5.75 Å². The van der Waals surface area contributed by atoms with Gasteiger partial charge in [0.15, 0.2) is 0 Å². The second-order valence-corrected chi connectivity index (χ2v) is 3.20. The molecule has 0 unspecified atom stereocenters. The quantitative estimate of drug-likeness (QED) is 0.461. The predicted molar refractivity (Wildman–Crippen MR) is 53.7 cm³/mol. The van der Waals surface area contributed by atoms with Crippen LogP contribution < -0.4 is 10.2 Å². The Morgan fingerprint density at radius 3 is 2.39 bits per heavy atom. The molecule has 4 nitrogen and oxygen atoms in total. The maximum absolute atomic E-state index is 12.9. The topological polar surface area (TPSA) is 58.9 Å². The lowest BCUT2D eigenvalue weighted by molar-refractivity contribution is -0.325. The van der Waals surface area contributed by atoms with E-state index in [4.69, 9.17) is 14.8 Å². The van der Waals surface area contributed by atoms with Crippen molar-refractivity contribution in [3.63, 3.8) is 0 Å². The number of hydrogen-bond donors (Lipinski definition) is 2. The maximum atomic E-state index is 12.9. The summed E-state index contributed by atoms with van der Waals surface area (Å²) in [5.74, 6) is -0.970. The van der Waals surface area contributed by atoms with E-state index in [2.05, 4.69) is 4.74 Å². The molecule has 1 rings (SSSR count). The first kappa shape index (κ1) is 14.7. The first-order chi connectivity index (χ1) is 8.29. The Balaban J connectivity index is 2.58. The van der Waals surface area contributed by atoms with Crippen molar-refractivity contribution in [1.82, 2.24) is 0 Å². The Bertz CT molecular complexity index is 397.